The largest absolute Gasteiger partial charge is 0.466 e. The minimum Gasteiger partial charge on any atom is -0.466 e. The Morgan fingerprint density at radius 3 is 2.67 bits per heavy atom. The van der Waals surface area contributed by atoms with Crippen molar-refractivity contribution in [3.8, 4) is 0 Å². The Morgan fingerprint density at radius 1 is 1.38 bits per heavy atom. The van der Waals surface area contributed by atoms with E-state index in [1.54, 1.807) is 6.92 Å². The summed E-state index contributed by atoms with van der Waals surface area (Å²) in [6.45, 7) is 4.20. The molecular weight excluding hydrogens is 420 g/mol. The van der Waals surface area contributed by atoms with Crippen molar-refractivity contribution in [1.82, 2.24) is 4.98 Å². The second-order valence-electron chi connectivity index (χ2n) is 4.35. The summed E-state index contributed by atoms with van der Waals surface area (Å²) in [5, 5.41) is 5.85. The summed E-state index contributed by atoms with van der Waals surface area (Å²) in [4.78, 5) is 15.8. The number of rotatable bonds is 5. The molecule has 0 atom stereocenters. The Balaban J connectivity index is 2.11. The van der Waals surface area contributed by atoms with E-state index in [-0.39, 0.29) is 12.4 Å². The van der Waals surface area contributed by atoms with Gasteiger partial charge in [0, 0.05) is 14.3 Å². The van der Waals surface area contributed by atoms with Gasteiger partial charge in [0.05, 0.1) is 24.4 Å². The van der Waals surface area contributed by atoms with Crippen LogP contribution in [0.5, 0.6) is 0 Å². The summed E-state index contributed by atoms with van der Waals surface area (Å²) >= 11 is 8.52. The maximum Gasteiger partial charge on any atom is 0.311 e. The highest BCUT2D eigenvalue weighted by molar-refractivity contribution is 9.11. The van der Waals surface area contributed by atoms with Crippen LogP contribution in [0.3, 0.4) is 0 Å². The van der Waals surface area contributed by atoms with Gasteiger partial charge in [-0.05, 0) is 63.4 Å². The predicted molar refractivity (Wildman–Crippen MR) is 92.3 cm³/mol. The minimum atomic E-state index is -0.257. The molecular formula is C14H14Br2N2O2S. The molecule has 0 radical (unpaired) electrons. The van der Waals surface area contributed by atoms with Gasteiger partial charge < -0.3 is 10.1 Å². The van der Waals surface area contributed by atoms with Crippen molar-refractivity contribution in [2.45, 2.75) is 20.3 Å². The van der Waals surface area contributed by atoms with Gasteiger partial charge >= 0.3 is 5.97 Å². The Hall–Kier alpha value is -0.920. The van der Waals surface area contributed by atoms with Gasteiger partial charge in [0.2, 0.25) is 0 Å². The van der Waals surface area contributed by atoms with Crippen molar-refractivity contribution in [3.05, 3.63) is 37.7 Å². The van der Waals surface area contributed by atoms with Crippen LogP contribution in [0.15, 0.2) is 26.5 Å². The number of aromatic nitrogens is 1. The number of hydrogen-bond acceptors (Lipinski definition) is 5. The molecule has 21 heavy (non-hydrogen) atoms. The lowest BCUT2D eigenvalue weighted by molar-refractivity contribution is -0.142. The molecule has 1 N–H and O–H groups in total. The highest BCUT2D eigenvalue weighted by Gasteiger charge is 2.11. The standard InChI is InChI=1S/C14H14Br2N2O2S/c1-3-20-12(19)6-9-7-21-14(17-9)18-13-10(15)4-8(2)5-11(13)16/h4-5,7H,3,6H2,1-2H3,(H,17,18). The number of ether oxygens (including phenoxy) is 1. The van der Waals surface area contributed by atoms with Crippen LogP contribution in [-0.4, -0.2) is 17.6 Å². The Bertz CT molecular complexity index is 635. The van der Waals surface area contributed by atoms with Gasteiger partial charge in [-0.2, -0.15) is 0 Å². The van der Waals surface area contributed by atoms with Gasteiger partial charge in [-0.3, -0.25) is 4.79 Å². The summed E-state index contributed by atoms with van der Waals surface area (Å²) in [7, 11) is 0. The lowest BCUT2D eigenvalue weighted by atomic mass is 10.2. The van der Waals surface area contributed by atoms with Gasteiger partial charge in [0.15, 0.2) is 5.13 Å². The van der Waals surface area contributed by atoms with E-state index in [2.05, 4.69) is 42.2 Å². The third kappa shape index (κ3) is 4.52. The van der Waals surface area contributed by atoms with Gasteiger partial charge in [0.1, 0.15) is 0 Å². The van der Waals surface area contributed by atoms with Crippen LogP contribution < -0.4 is 5.32 Å². The zero-order valence-corrected chi connectivity index (χ0v) is 15.6. The van der Waals surface area contributed by atoms with Crippen LogP contribution >= 0.6 is 43.2 Å². The van der Waals surface area contributed by atoms with Crippen LogP contribution in [0.2, 0.25) is 0 Å². The summed E-state index contributed by atoms with van der Waals surface area (Å²) in [6, 6.07) is 4.06. The van der Waals surface area contributed by atoms with Crippen molar-refractivity contribution in [2.24, 2.45) is 0 Å². The fraction of sp³-hybridized carbons (Fsp3) is 0.286. The number of carbonyl (C=O) groups is 1. The van der Waals surface area contributed by atoms with Crippen molar-refractivity contribution in [2.75, 3.05) is 11.9 Å². The Kier molecular flexibility index (Phi) is 5.78. The molecule has 0 saturated carbocycles. The van der Waals surface area contributed by atoms with Crippen LogP contribution in [0.1, 0.15) is 18.2 Å². The molecule has 112 valence electrons. The van der Waals surface area contributed by atoms with E-state index >= 15 is 0 Å². The molecule has 0 unspecified atom stereocenters. The quantitative estimate of drug-likeness (QED) is 0.686. The molecule has 4 nitrogen and oxygen atoms in total. The topological polar surface area (TPSA) is 51.2 Å². The molecule has 2 rings (SSSR count). The minimum absolute atomic E-state index is 0.197. The summed E-state index contributed by atoms with van der Waals surface area (Å²) in [5.41, 5.74) is 2.78. The smallest absolute Gasteiger partial charge is 0.311 e. The van der Waals surface area contributed by atoms with E-state index in [0.29, 0.717) is 12.3 Å². The third-order valence-electron chi connectivity index (χ3n) is 2.60. The highest BCUT2D eigenvalue weighted by atomic mass is 79.9. The number of nitrogens with zero attached hydrogens (tertiary/aromatic N) is 1. The van der Waals surface area contributed by atoms with Gasteiger partial charge in [0.25, 0.3) is 0 Å². The van der Waals surface area contributed by atoms with E-state index in [4.69, 9.17) is 4.74 Å². The van der Waals surface area contributed by atoms with E-state index in [1.807, 2.05) is 24.4 Å². The molecule has 0 aliphatic heterocycles. The maximum absolute atomic E-state index is 11.4. The van der Waals surface area contributed by atoms with Gasteiger partial charge in [-0.25, -0.2) is 4.98 Å². The SMILES string of the molecule is CCOC(=O)Cc1csc(Nc2c(Br)cc(C)cc2Br)n1. The number of thiazole rings is 1. The van der Waals surface area contributed by atoms with Crippen molar-refractivity contribution >= 4 is 60.0 Å². The van der Waals surface area contributed by atoms with Crippen molar-refractivity contribution in [1.29, 1.82) is 0 Å². The summed E-state index contributed by atoms with van der Waals surface area (Å²) in [6.07, 6.45) is 0.197. The normalized spacial score (nSPS) is 10.5. The molecule has 0 spiro atoms. The first-order valence-electron chi connectivity index (χ1n) is 6.32. The zero-order valence-electron chi connectivity index (χ0n) is 11.6. The molecule has 1 aromatic heterocycles. The number of benzene rings is 1. The molecule has 0 fully saturated rings. The first-order chi connectivity index (χ1) is 9.99. The van der Waals surface area contributed by atoms with E-state index in [1.165, 1.54) is 11.3 Å². The fourth-order valence-electron chi connectivity index (χ4n) is 1.73. The zero-order chi connectivity index (χ0) is 15.4. The molecule has 0 amide bonds. The lowest BCUT2D eigenvalue weighted by Crippen LogP contribution is -2.07. The molecule has 0 bridgehead atoms. The molecule has 1 aromatic carbocycles. The lowest BCUT2D eigenvalue weighted by Gasteiger charge is -2.09. The first-order valence-corrected chi connectivity index (χ1v) is 8.79. The second kappa shape index (κ2) is 7.38. The Morgan fingerprint density at radius 2 is 2.05 bits per heavy atom. The van der Waals surface area contributed by atoms with Crippen LogP contribution in [0, 0.1) is 6.92 Å². The molecule has 0 aliphatic rings. The maximum atomic E-state index is 11.4. The number of anilines is 2. The van der Waals surface area contributed by atoms with Gasteiger partial charge in [-0.1, -0.05) is 0 Å². The number of halogens is 2. The highest BCUT2D eigenvalue weighted by Crippen LogP contribution is 2.35. The number of hydrogen-bond donors (Lipinski definition) is 1. The summed E-state index contributed by atoms with van der Waals surface area (Å²) < 4.78 is 6.83. The number of esters is 1. The summed E-state index contributed by atoms with van der Waals surface area (Å²) in [5.74, 6) is -0.257. The average molecular weight is 434 g/mol. The van der Waals surface area contributed by atoms with Crippen LogP contribution in [0.4, 0.5) is 10.8 Å². The average Bonchev–Trinajstić information content (AvgIpc) is 2.81. The van der Waals surface area contributed by atoms with Crippen molar-refractivity contribution < 1.29 is 9.53 Å². The number of carbonyl (C=O) groups excluding carboxylic acids is 1. The molecule has 1 heterocycles. The van der Waals surface area contributed by atoms with Crippen LogP contribution in [0.25, 0.3) is 0 Å². The monoisotopic (exact) mass is 432 g/mol. The van der Waals surface area contributed by atoms with E-state index in [9.17, 15) is 4.79 Å². The first kappa shape index (κ1) is 16.5. The molecule has 0 aliphatic carbocycles. The number of nitrogens with one attached hydrogen (secondary N) is 1. The Labute approximate surface area is 144 Å². The van der Waals surface area contributed by atoms with Gasteiger partial charge in [-0.15, -0.1) is 11.3 Å². The predicted octanol–water partition coefficient (Wildman–Crippen LogP) is 4.83. The van der Waals surface area contributed by atoms with Crippen LogP contribution in [-0.2, 0) is 16.0 Å². The molecule has 2 aromatic rings. The van der Waals surface area contributed by atoms with Crippen molar-refractivity contribution in [3.63, 3.8) is 0 Å². The third-order valence-corrected chi connectivity index (χ3v) is 4.66. The second-order valence-corrected chi connectivity index (χ2v) is 6.92. The number of aryl methyl sites for hydroxylation is 1. The van der Waals surface area contributed by atoms with E-state index in [0.717, 1.165) is 25.3 Å². The fourth-order valence-corrected chi connectivity index (χ4v) is 4.06. The molecule has 0 saturated heterocycles. The molecule has 7 heteroatoms. The van der Waals surface area contributed by atoms with E-state index < -0.39 is 0 Å².